The first-order valence-corrected chi connectivity index (χ1v) is 14.2. The fourth-order valence-electron chi connectivity index (χ4n) is 4.45. The molecule has 1 saturated heterocycles. The van der Waals surface area contributed by atoms with E-state index in [9.17, 15) is 9.18 Å². The van der Waals surface area contributed by atoms with Gasteiger partial charge in [0.15, 0.2) is 0 Å². The third-order valence-electron chi connectivity index (χ3n) is 6.85. The molecular formula is C30H37ClFN5O5. The number of benzene rings is 2. The summed E-state index contributed by atoms with van der Waals surface area (Å²) >= 11 is 5.97. The molecule has 0 radical (unpaired) electrons. The van der Waals surface area contributed by atoms with Crippen LogP contribution in [0.4, 0.5) is 21.6 Å². The number of carbonyl (C=O) groups excluding carboxylic acids is 1. The van der Waals surface area contributed by atoms with Gasteiger partial charge in [-0.05, 0) is 43.0 Å². The zero-order valence-corrected chi connectivity index (χ0v) is 24.7. The lowest BCUT2D eigenvalue weighted by molar-refractivity contribution is -0.111. The molecule has 2 heterocycles. The van der Waals surface area contributed by atoms with Crippen LogP contribution < -0.4 is 15.4 Å². The third-order valence-corrected chi connectivity index (χ3v) is 7.14. The molecule has 0 spiro atoms. The first-order valence-electron chi connectivity index (χ1n) is 13.9. The van der Waals surface area contributed by atoms with Gasteiger partial charge in [0.05, 0.1) is 36.0 Å². The van der Waals surface area contributed by atoms with E-state index in [1.54, 1.807) is 38.5 Å². The smallest absolute Gasteiger partial charge is 0.248 e. The highest BCUT2D eigenvalue weighted by Crippen LogP contribution is 2.34. The average molecular weight is 602 g/mol. The number of rotatable bonds is 15. The Bertz CT molecular complexity index is 1350. The number of amides is 1. The van der Waals surface area contributed by atoms with Gasteiger partial charge in [0.1, 0.15) is 23.7 Å². The fraction of sp³-hybridized carbons (Fsp3) is 0.433. The van der Waals surface area contributed by atoms with Crippen LogP contribution in [0.15, 0.2) is 48.8 Å². The second-order valence-electron chi connectivity index (χ2n) is 9.89. The summed E-state index contributed by atoms with van der Waals surface area (Å²) < 4.78 is 35.8. The molecular weight excluding hydrogens is 565 g/mol. The molecule has 4 rings (SSSR count). The number of anilines is 3. The highest BCUT2D eigenvalue weighted by atomic mass is 35.5. The van der Waals surface area contributed by atoms with Crippen molar-refractivity contribution in [2.45, 2.75) is 12.8 Å². The molecule has 2 aromatic carbocycles. The van der Waals surface area contributed by atoms with Crippen LogP contribution in [0.3, 0.4) is 0 Å². The molecule has 10 nitrogen and oxygen atoms in total. The van der Waals surface area contributed by atoms with Crippen molar-refractivity contribution in [1.82, 2.24) is 14.9 Å². The Hall–Kier alpha value is -3.35. The Morgan fingerprint density at radius 2 is 1.90 bits per heavy atom. The number of nitrogens with one attached hydrogen (secondary N) is 2. The highest BCUT2D eigenvalue weighted by Gasteiger charge is 2.18. The molecule has 2 N–H and O–H groups in total. The summed E-state index contributed by atoms with van der Waals surface area (Å²) in [5.41, 5.74) is 1.65. The monoisotopic (exact) mass is 601 g/mol. The summed E-state index contributed by atoms with van der Waals surface area (Å²) in [6.07, 6.45) is 6.56. The molecule has 42 heavy (non-hydrogen) atoms. The Morgan fingerprint density at radius 3 is 2.62 bits per heavy atom. The molecule has 1 fully saturated rings. The second kappa shape index (κ2) is 16.3. The summed E-state index contributed by atoms with van der Waals surface area (Å²) in [6, 6.07) is 7.88. The highest BCUT2D eigenvalue weighted by molar-refractivity contribution is 6.31. The molecule has 0 bridgehead atoms. The van der Waals surface area contributed by atoms with Gasteiger partial charge in [-0.2, -0.15) is 0 Å². The third kappa shape index (κ3) is 9.33. The van der Waals surface area contributed by atoms with Crippen LogP contribution in [0.1, 0.15) is 12.8 Å². The van der Waals surface area contributed by atoms with Crippen LogP contribution in [0.2, 0.25) is 5.02 Å². The summed E-state index contributed by atoms with van der Waals surface area (Å²) in [6.45, 7) is 5.07. The number of fused-ring (bicyclic) bond motifs is 1. The van der Waals surface area contributed by atoms with Gasteiger partial charge in [-0.25, -0.2) is 14.4 Å². The SMILES string of the molecule is COCCN(CC=CC(=O)Nc1cc2c(Nc3ccc(F)c(Cl)c3)ncnc2cc1OCC1CCOCC1)CCOC. The van der Waals surface area contributed by atoms with Crippen LogP contribution in [0.5, 0.6) is 5.75 Å². The van der Waals surface area contributed by atoms with E-state index in [1.165, 1.54) is 24.5 Å². The van der Waals surface area contributed by atoms with E-state index in [4.69, 9.17) is 30.5 Å². The fourth-order valence-corrected chi connectivity index (χ4v) is 4.63. The molecule has 3 aromatic rings. The molecule has 1 aliphatic rings. The van der Waals surface area contributed by atoms with Crippen molar-refractivity contribution in [3.8, 4) is 5.75 Å². The van der Waals surface area contributed by atoms with Gasteiger partial charge in [0, 0.05) is 70.3 Å². The van der Waals surface area contributed by atoms with Crippen molar-refractivity contribution < 1.29 is 28.1 Å². The van der Waals surface area contributed by atoms with E-state index < -0.39 is 5.82 Å². The van der Waals surface area contributed by atoms with Gasteiger partial charge < -0.3 is 29.6 Å². The maximum Gasteiger partial charge on any atom is 0.248 e. The van der Waals surface area contributed by atoms with Crippen molar-refractivity contribution in [3.63, 3.8) is 0 Å². The van der Waals surface area contributed by atoms with E-state index >= 15 is 0 Å². The first-order chi connectivity index (χ1) is 20.5. The van der Waals surface area contributed by atoms with Crippen LogP contribution in [0, 0.1) is 11.7 Å². The number of methoxy groups -OCH3 is 2. The minimum Gasteiger partial charge on any atom is -0.491 e. The maximum absolute atomic E-state index is 13.7. The van der Waals surface area contributed by atoms with Gasteiger partial charge in [0.25, 0.3) is 0 Å². The van der Waals surface area contributed by atoms with Gasteiger partial charge >= 0.3 is 0 Å². The standard InChI is InChI=1S/C30H37ClFN5O5/c1-39-14-10-37(11-15-40-2)9-3-4-29(38)36-27-17-23-26(18-28(27)42-19-21-7-12-41-13-8-21)33-20-34-30(23)35-22-5-6-25(32)24(31)16-22/h3-6,16-18,20-21H,7-15,19H2,1-2H3,(H,36,38)(H,33,34,35). The van der Waals surface area contributed by atoms with Crippen LogP contribution in [-0.2, 0) is 19.0 Å². The summed E-state index contributed by atoms with van der Waals surface area (Å²) in [4.78, 5) is 24.0. The molecule has 1 amide bonds. The Balaban J connectivity index is 1.56. The second-order valence-corrected chi connectivity index (χ2v) is 10.3. The van der Waals surface area contributed by atoms with Gasteiger partial charge in [0.2, 0.25) is 5.91 Å². The van der Waals surface area contributed by atoms with Crippen molar-refractivity contribution in [3.05, 3.63) is 59.7 Å². The molecule has 226 valence electrons. The van der Waals surface area contributed by atoms with Crippen molar-refractivity contribution in [1.29, 1.82) is 0 Å². The van der Waals surface area contributed by atoms with E-state index in [0.717, 1.165) is 25.9 Å². The molecule has 0 aliphatic carbocycles. The molecule has 12 heteroatoms. The van der Waals surface area contributed by atoms with Crippen LogP contribution >= 0.6 is 11.6 Å². The number of carbonyl (C=O) groups is 1. The molecule has 1 aromatic heterocycles. The number of nitrogens with zero attached hydrogens (tertiary/aromatic N) is 3. The van der Waals surface area contributed by atoms with E-state index in [-0.39, 0.29) is 10.9 Å². The summed E-state index contributed by atoms with van der Waals surface area (Å²) in [5.74, 6) is 0.512. The zero-order chi connectivity index (χ0) is 29.7. The Morgan fingerprint density at radius 1 is 1.14 bits per heavy atom. The first kappa shape index (κ1) is 31.6. The topological polar surface area (TPSA) is 107 Å². The lowest BCUT2D eigenvalue weighted by Crippen LogP contribution is -2.31. The number of hydrogen-bond donors (Lipinski definition) is 2. The Kier molecular flexibility index (Phi) is 12.3. The summed E-state index contributed by atoms with van der Waals surface area (Å²) in [7, 11) is 3.31. The Labute approximate surface area is 250 Å². The van der Waals surface area contributed by atoms with E-state index in [0.29, 0.717) is 79.3 Å². The molecule has 1 aliphatic heterocycles. The largest absolute Gasteiger partial charge is 0.491 e. The minimum absolute atomic E-state index is 0.00935. The predicted molar refractivity (Wildman–Crippen MR) is 161 cm³/mol. The van der Waals surface area contributed by atoms with E-state index in [2.05, 4.69) is 25.5 Å². The molecule has 0 saturated carbocycles. The number of halogens is 2. The number of ether oxygens (including phenoxy) is 4. The van der Waals surface area contributed by atoms with Gasteiger partial charge in [-0.1, -0.05) is 17.7 Å². The predicted octanol–water partition coefficient (Wildman–Crippen LogP) is 5.06. The summed E-state index contributed by atoms with van der Waals surface area (Å²) in [5, 5.41) is 6.76. The lowest BCUT2D eigenvalue weighted by Gasteiger charge is -2.23. The number of aromatic nitrogens is 2. The minimum atomic E-state index is -0.514. The molecule has 0 atom stereocenters. The van der Waals surface area contributed by atoms with Crippen LogP contribution in [-0.4, -0.2) is 87.7 Å². The average Bonchev–Trinajstić information content (AvgIpc) is 3.00. The lowest BCUT2D eigenvalue weighted by atomic mass is 10.0. The normalized spacial score (nSPS) is 14.1. The quantitative estimate of drug-likeness (QED) is 0.231. The van der Waals surface area contributed by atoms with Crippen molar-refractivity contribution in [2.24, 2.45) is 5.92 Å². The van der Waals surface area contributed by atoms with Crippen molar-refractivity contribution >= 4 is 45.6 Å². The number of hydrogen-bond acceptors (Lipinski definition) is 9. The zero-order valence-electron chi connectivity index (χ0n) is 23.9. The molecule has 0 unspecified atom stereocenters. The maximum atomic E-state index is 13.7. The van der Waals surface area contributed by atoms with Crippen LogP contribution in [0.25, 0.3) is 10.9 Å². The van der Waals surface area contributed by atoms with Gasteiger partial charge in [-0.15, -0.1) is 0 Å². The van der Waals surface area contributed by atoms with Crippen molar-refractivity contribution in [2.75, 3.05) is 77.5 Å². The van der Waals surface area contributed by atoms with E-state index in [1.807, 2.05) is 0 Å². The van der Waals surface area contributed by atoms with Gasteiger partial charge in [-0.3, -0.25) is 9.69 Å².